The van der Waals surface area contributed by atoms with E-state index in [0.717, 1.165) is 4.90 Å². The Balaban J connectivity index is 1.58. The summed E-state index contributed by atoms with van der Waals surface area (Å²) >= 11 is 0. The first kappa shape index (κ1) is 24.1. The number of carbonyl (C=O) groups is 3. The lowest BCUT2D eigenvalue weighted by molar-refractivity contribution is -0.384. The van der Waals surface area contributed by atoms with Crippen LogP contribution in [-0.4, -0.2) is 34.8 Å². The van der Waals surface area contributed by atoms with Crippen molar-refractivity contribution in [3.8, 4) is 5.75 Å². The Morgan fingerprint density at radius 2 is 2.00 bits per heavy atom. The standard InChI is InChI=1S/C24H18FN3O8/c1-34-23(30)21-8-6-18(36-21)12-27-22(29)19(26-24(27)31)11-15-10-17(28(32)33)5-7-20(15)35-13-14-3-2-4-16(25)9-14/h2-11H,12-13H2,1H3,(H,26,31)/b19-11-. The average Bonchev–Trinajstić information content (AvgIpc) is 3.43. The van der Waals surface area contributed by atoms with Crippen LogP contribution in [0.3, 0.4) is 0 Å². The van der Waals surface area contributed by atoms with E-state index in [9.17, 15) is 28.9 Å². The summed E-state index contributed by atoms with van der Waals surface area (Å²) in [5.41, 5.74) is 0.251. The molecule has 1 saturated heterocycles. The second-order valence-corrected chi connectivity index (χ2v) is 7.53. The Morgan fingerprint density at radius 1 is 1.19 bits per heavy atom. The van der Waals surface area contributed by atoms with Crippen molar-refractivity contribution < 1.29 is 37.6 Å². The molecule has 0 atom stereocenters. The summed E-state index contributed by atoms with van der Waals surface area (Å²) in [5.74, 6) is -1.64. The number of hydrogen-bond acceptors (Lipinski definition) is 8. The Labute approximate surface area is 202 Å². The van der Waals surface area contributed by atoms with Gasteiger partial charge in [0, 0.05) is 17.7 Å². The van der Waals surface area contributed by atoms with Crippen molar-refractivity contribution in [1.29, 1.82) is 0 Å². The third kappa shape index (κ3) is 5.22. The molecule has 4 rings (SSSR count). The first-order valence-corrected chi connectivity index (χ1v) is 10.4. The summed E-state index contributed by atoms with van der Waals surface area (Å²) in [6.07, 6.45) is 1.25. The molecule has 3 amide bonds. The smallest absolute Gasteiger partial charge is 0.373 e. The van der Waals surface area contributed by atoms with E-state index >= 15 is 0 Å². The number of carbonyl (C=O) groups excluding carboxylic acids is 3. The highest BCUT2D eigenvalue weighted by molar-refractivity contribution is 6.14. The minimum absolute atomic E-state index is 0.0425. The van der Waals surface area contributed by atoms with Gasteiger partial charge in [-0.05, 0) is 42.0 Å². The molecule has 3 aromatic rings. The van der Waals surface area contributed by atoms with Gasteiger partial charge >= 0.3 is 12.0 Å². The number of benzene rings is 2. The summed E-state index contributed by atoms with van der Waals surface area (Å²) in [4.78, 5) is 48.4. The third-order valence-electron chi connectivity index (χ3n) is 5.11. The number of nitro groups is 1. The van der Waals surface area contributed by atoms with Crippen molar-refractivity contribution in [3.05, 3.63) is 98.9 Å². The lowest BCUT2D eigenvalue weighted by Crippen LogP contribution is -2.30. The highest BCUT2D eigenvalue weighted by Crippen LogP contribution is 2.28. The fourth-order valence-corrected chi connectivity index (χ4v) is 3.38. The fourth-order valence-electron chi connectivity index (χ4n) is 3.38. The minimum atomic E-state index is -0.755. The van der Waals surface area contributed by atoms with Crippen LogP contribution in [0.15, 0.2) is 64.7 Å². The minimum Gasteiger partial charge on any atom is -0.488 e. The fraction of sp³-hybridized carbons (Fsp3) is 0.125. The molecular formula is C24H18FN3O8. The van der Waals surface area contributed by atoms with Gasteiger partial charge in [0.1, 0.15) is 29.6 Å². The zero-order valence-corrected chi connectivity index (χ0v) is 18.7. The van der Waals surface area contributed by atoms with Gasteiger partial charge in [-0.3, -0.25) is 19.8 Å². The van der Waals surface area contributed by atoms with Crippen LogP contribution >= 0.6 is 0 Å². The third-order valence-corrected chi connectivity index (χ3v) is 5.11. The molecule has 0 radical (unpaired) electrons. The number of imide groups is 1. The molecule has 2 heterocycles. The molecule has 1 aliphatic rings. The van der Waals surface area contributed by atoms with Gasteiger partial charge in [0.05, 0.1) is 18.6 Å². The number of nitrogens with zero attached hydrogens (tertiary/aromatic N) is 2. The van der Waals surface area contributed by atoms with Crippen molar-refractivity contribution in [1.82, 2.24) is 10.2 Å². The number of urea groups is 1. The molecule has 1 N–H and O–H groups in total. The number of rotatable bonds is 8. The lowest BCUT2D eigenvalue weighted by atomic mass is 10.1. The van der Waals surface area contributed by atoms with E-state index in [2.05, 4.69) is 10.1 Å². The first-order chi connectivity index (χ1) is 17.2. The van der Waals surface area contributed by atoms with Crippen molar-refractivity contribution in [3.63, 3.8) is 0 Å². The first-order valence-electron chi connectivity index (χ1n) is 10.4. The zero-order chi connectivity index (χ0) is 25.8. The summed E-state index contributed by atoms with van der Waals surface area (Å²) in [6, 6.07) is 11.5. The monoisotopic (exact) mass is 495 g/mol. The van der Waals surface area contributed by atoms with E-state index in [1.54, 1.807) is 6.07 Å². The molecule has 11 nitrogen and oxygen atoms in total. The highest BCUT2D eigenvalue weighted by Gasteiger charge is 2.34. The number of nitro benzene ring substituents is 1. The number of halogens is 1. The maximum absolute atomic E-state index is 13.5. The number of amides is 3. The van der Waals surface area contributed by atoms with Crippen molar-refractivity contribution in [2.24, 2.45) is 0 Å². The summed E-state index contributed by atoms with van der Waals surface area (Å²) in [6.45, 7) is -0.309. The van der Waals surface area contributed by atoms with E-state index in [-0.39, 0.29) is 47.4 Å². The van der Waals surface area contributed by atoms with E-state index in [1.165, 1.54) is 61.7 Å². The lowest BCUT2D eigenvalue weighted by Gasteiger charge is -2.10. The number of nitrogens with one attached hydrogen (secondary N) is 1. The molecule has 0 spiro atoms. The van der Waals surface area contributed by atoms with E-state index in [1.807, 2.05) is 0 Å². The van der Waals surface area contributed by atoms with Crippen LogP contribution in [0.2, 0.25) is 0 Å². The van der Waals surface area contributed by atoms with E-state index < -0.39 is 28.6 Å². The summed E-state index contributed by atoms with van der Waals surface area (Å²) < 4.78 is 29.0. The van der Waals surface area contributed by atoms with Gasteiger partial charge in [-0.2, -0.15) is 0 Å². The Bertz CT molecular complexity index is 1400. The molecule has 1 aromatic heterocycles. The number of ether oxygens (including phenoxy) is 2. The molecule has 0 aliphatic carbocycles. The summed E-state index contributed by atoms with van der Waals surface area (Å²) in [5, 5.41) is 13.7. The molecular weight excluding hydrogens is 477 g/mol. The largest absolute Gasteiger partial charge is 0.488 e. The number of esters is 1. The quantitative estimate of drug-likeness (QED) is 0.164. The van der Waals surface area contributed by atoms with Crippen LogP contribution in [0.25, 0.3) is 6.08 Å². The van der Waals surface area contributed by atoms with Crippen LogP contribution in [0.4, 0.5) is 14.9 Å². The molecule has 2 aromatic carbocycles. The summed E-state index contributed by atoms with van der Waals surface area (Å²) in [7, 11) is 1.18. The van der Waals surface area contributed by atoms with Gasteiger partial charge in [-0.1, -0.05) is 12.1 Å². The van der Waals surface area contributed by atoms with Gasteiger partial charge < -0.3 is 19.2 Å². The van der Waals surface area contributed by atoms with Gasteiger partial charge in [0.25, 0.3) is 11.6 Å². The molecule has 1 aliphatic heterocycles. The SMILES string of the molecule is COC(=O)c1ccc(CN2C(=O)N/C(=C\c3cc([N+](=O)[O-])ccc3OCc3cccc(F)c3)C2=O)o1. The zero-order valence-electron chi connectivity index (χ0n) is 18.7. The average molecular weight is 495 g/mol. The maximum atomic E-state index is 13.5. The van der Waals surface area contributed by atoms with Crippen molar-refractivity contribution in [2.45, 2.75) is 13.2 Å². The highest BCUT2D eigenvalue weighted by atomic mass is 19.1. The molecule has 1 fully saturated rings. The Kier molecular flexibility index (Phi) is 6.77. The number of methoxy groups -OCH3 is 1. The normalized spacial score (nSPS) is 14.2. The molecule has 0 saturated carbocycles. The van der Waals surface area contributed by atoms with E-state index in [4.69, 9.17) is 9.15 Å². The molecule has 184 valence electrons. The number of non-ortho nitro benzene ring substituents is 1. The van der Waals surface area contributed by atoms with Gasteiger partial charge in [-0.25, -0.2) is 14.0 Å². The van der Waals surface area contributed by atoms with Crippen LogP contribution in [-0.2, 0) is 22.7 Å². The van der Waals surface area contributed by atoms with Crippen molar-refractivity contribution >= 4 is 29.7 Å². The molecule has 0 unspecified atom stereocenters. The van der Waals surface area contributed by atoms with Crippen LogP contribution in [0, 0.1) is 15.9 Å². The molecule has 36 heavy (non-hydrogen) atoms. The van der Waals surface area contributed by atoms with Crippen molar-refractivity contribution in [2.75, 3.05) is 7.11 Å². The predicted octanol–water partition coefficient (Wildman–Crippen LogP) is 3.79. The van der Waals surface area contributed by atoms with Gasteiger partial charge in [0.2, 0.25) is 5.76 Å². The predicted molar refractivity (Wildman–Crippen MR) is 121 cm³/mol. The molecule has 12 heteroatoms. The Hall–Kier alpha value is -5.00. The second kappa shape index (κ2) is 10.1. The van der Waals surface area contributed by atoms with E-state index in [0.29, 0.717) is 5.56 Å². The maximum Gasteiger partial charge on any atom is 0.373 e. The topological polar surface area (TPSA) is 141 Å². The van der Waals surface area contributed by atoms with Crippen LogP contribution in [0.5, 0.6) is 5.75 Å². The molecule has 0 bridgehead atoms. The second-order valence-electron chi connectivity index (χ2n) is 7.53. The van der Waals surface area contributed by atoms with Gasteiger partial charge in [-0.15, -0.1) is 0 Å². The number of hydrogen-bond donors (Lipinski definition) is 1. The van der Waals surface area contributed by atoms with Crippen LogP contribution in [0.1, 0.15) is 27.4 Å². The van der Waals surface area contributed by atoms with Gasteiger partial charge in [0.15, 0.2) is 0 Å². The number of furan rings is 1. The Morgan fingerprint density at radius 3 is 2.72 bits per heavy atom. The van der Waals surface area contributed by atoms with Crippen LogP contribution < -0.4 is 10.1 Å².